The predicted octanol–water partition coefficient (Wildman–Crippen LogP) is 4.77. The van der Waals surface area contributed by atoms with Crippen molar-refractivity contribution in [2.75, 3.05) is 13.7 Å². The Hall–Kier alpha value is -0.540. The number of nitrogens with one attached hydrogen (secondary N) is 1. The van der Waals surface area contributed by atoms with Crippen molar-refractivity contribution in [2.24, 2.45) is 5.41 Å². The third-order valence-corrected chi connectivity index (χ3v) is 4.30. The van der Waals surface area contributed by atoms with Crippen LogP contribution in [0.25, 0.3) is 0 Å². The van der Waals surface area contributed by atoms with Crippen LogP contribution in [0.1, 0.15) is 50.4 Å². The number of aryl methyl sites for hydroxylation is 1. The summed E-state index contributed by atoms with van der Waals surface area (Å²) in [7, 11) is 1.75. The van der Waals surface area contributed by atoms with Crippen molar-refractivity contribution in [2.45, 2.75) is 47.6 Å². The van der Waals surface area contributed by atoms with Crippen LogP contribution in [0.2, 0.25) is 0 Å². The molecule has 2 nitrogen and oxygen atoms in total. The van der Waals surface area contributed by atoms with Crippen molar-refractivity contribution < 1.29 is 4.74 Å². The van der Waals surface area contributed by atoms with Gasteiger partial charge in [0, 0.05) is 16.1 Å². The maximum atomic E-state index is 5.67. The molecule has 1 rings (SSSR count). The average Bonchev–Trinajstić information content (AvgIpc) is 2.29. The zero-order chi connectivity index (χ0) is 14.8. The van der Waals surface area contributed by atoms with Crippen LogP contribution >= 0.6 is 15.9 Å². The number of benzene rings is 1. The zero-order valence-electron chi connectivity index (χ0n) is 13.1. The molecule has 0 aliphatic carbocycles. The van der Waals surface area contributed by atoms with Gasteiger partial charge < -0.3 is 10.1 Å². The Labute approximate surface area is 126 Å². The Kier molecular flexibility index (Phi) is 5.45. The highest BCUT2D eigenvalue weighted by molar-refractivity contribution is 9.10. The van der Waals surface area contributed by atoms with E-state index in [0.717, 1.165) is 16.8 Å². The second-order valence-electron chi connectivity index (χ2n) is 6.10. The van der Waals surface area contributed by atoms with E-state index in [0.29, 0.717) is 0 Å². The molecule has 0 saturated carbocycles. The van der Waals surface area contributed by atoms with Crippen LogP contribution in [0.5, 0.6) is 5.75 Å². The number of ether oxygens (including phenoxy) is 1. The summed E-state index contributed by atoms with van der Waals surface area (Å²) in [5.74, 6) is 1.00. The molecule has 0 aromatic heterocycles. The first-order valence-corrected chi connectivity index (χ1v) is 7.60. The largest absolute Gasteiger partial charge is 0.496 e. The molecule has 108 valence electrons. The minimum absolute atomic E-state index is 0.126. The van der Waals surface area contributed by atoms with Gasteiger partial charge in [-0.15, -0.1) is 0 Å². The summed E-state index contributed by atoms with van der Waals surface area (Å²) in [5.41, 5.74) is 3.82. The number of hydrogen-bond acceptors (Lipinski definition) is 2. The molecule has 19 heavy (non-hydrogen) atoms. The topological polar surface area (TPSA) is 21.3 Å². The molecule has 0 aliphatic rings. The van der Waals surface area contributed by atoms with Gasteiger partial charge in [-0.1, -0.05) is 43.6 Å². The highest BCUT2D eigenvalue weighted by atomic mass is 79.9. The van der Waals surface area contributed by atoms with Crippen LogP contribution in [-0.2, 0) is 0 Å². The minimum Gasteiger partial charge on any atom is -0.496 e. The molecule has 1 aromatic carbocycles. The molecule has 1 aromatic rings. The van der Waals surface area contributed by atoms with Gasteiger partial charge in [-0.25, -0.2) is 0 Å². The molecule has 1 unspecified atom stereocenters. The van der Waals surface area contributed by atoms with Crippen molar-refractivity contribution in [1.29, 1.82) is 0 Å². The Bertz CT molecular complexity index is 449. The van der Waals surface area contributed by atoms with E-state index in [4.69, 9.17) is 4.74 Å². The summed E-state index contributed by atoms with van der Waals surface area (Å²) in [6.45, 7) is 14.1. The second kappa shape index (κ2) is 6.27. The second-order valence-corrected chi connectivity index (χ2v) is 6.96. The fourth-order valence-corrected chi connectivity index (χ4v) is 3.10. The van der Waals surface area contributed by atoms with Gasteiger partial charge >= 0.3 is 0 Å². The number of rotatable bonds is 4. The first-order valence-electron chi connectivity index (χ1n) is 6.81. The normalized spacial score (nSPS) is 13.5. The molecular weight excluding hydrogens is 302 g/mol. The smallest absolute Gasteiger partial charge is 0.126 e. The summed E-state index contributed by atoms with van der Waals surface area (Å²) < 4.78 is 6.82. The quantitative estimate of drug-likeness (QED) is 0.859. The van der Waals surface area contributed by atoms with Crippen LogP contribution in [0, 0.1) is 19.3 Å². The van der Waals surface area contributed by atoms with Gasteiger partial charge in [0.2, 0.25) is 0 Å². The molecule has 0 fully saturated rings. The first kappa shape index (κ1) is 16.5. The van der Waals surface area contributed by atoms with Gasteiger partial charge in [-0.05, 0) is 43.0 Å². The van der Waals surface area contributed by atoms with Crippen LogP contribution in [0.3, 0.4) is 0 Å². The van der Waals surface area contributed by atoms with E-state index in [9.17, 15) is 0 Å². The fraction of sp³-hybridized carbons (Fsp3) is 0.625. The molecule has 0 heterocycles. The number of hydrogen-bond donors (Lipinski definition) is 1. The number of methoxy groups -OCH3 is 1. The van der Waals surface area contributed by atoms with Crippen LogP contribution in [0.15, 0.2) is 10.5 Å². The Morgan fingerprint density at radius 2 is 1.89 bits per heavy atom. The molecule has 0 saturated heterocycles. The summed E-state index contributed by atoms with van der Waals surface area (Å²) in [5, 5.41) is 3.61. The lowest BCUT2D eigenvalue weighted by molar-refractivity contribution is 0.267. The van der Waals surface area contributed by atoms with Crippen LogP contribution in [-0.4, -0.2) is 13.7 Å². The zero-order valence-corrected chi connectivity index (χ0v) is 14.7. The highest BCUT2D eigenvalue weighted by Gasteiger charge is 2.30. The van der Waals surface area contributed by atoms with Crippen molar-refractivity contribution in [3.63, 3.8) is 0 Å². The fourth-order valence-electron chi connectivity index (χ4n) is 2.54. The summed E-state index contributed by atoms with van der Waals surface area (Å²) >= 11 is 3.66. The Morgan fingerprint density at radius 1 is 1.32 bits per heavy atom. The van der Waals surface area contributed by atoms with E-state index < -0.39 is 0 Å². The van der Waals surface area contributed by atoms with Gasteiger partial charge in [0.1, 0.15) is 5.75 Å². The monoisotopic (exact) mass is 327 g/mol. The van der Waals surface area contributed by atoms with Gasteiger partial charge in [-0.2, -0.15) is 0 Å². The summed E-state index contributed by atoms with van der Waals surface area (Å²) in [4.78, 5) is 0. The van der Waals surface area contributed by atoms with E-state index >= 15 is 0 Å². The van der Waals surface area contributed by atoms with E-state index in [1.165, 1.54) is 16.7 Å². The molecule has 0 amide bonds. The third-order valence-electron chi connectivity index (χ3n) is 3.48. The lowest BCUT2D eigenvalue weighted by Gasteiger charge is -2.34. The molecule has 0 spiro atoms. The van der Waals surface area contributed by atoms with E-state index in [-0.39, 0.29) is 11.5 Å². The van der Waals surface area contributed by atoms with Gasteiger partial charge in [0.05, 0.1) is 7.11 Å². The molecule has 3 heteroatoms. The van der Waals surface area contributed by atoms with Gasteiger partial charge in [0.15, 0.2) is 0 Å². The third kappa shape index (κ3) is 3.51. The SMILES string of the molecule is CCNC(c1c(C)c(Br)cc(C)c1OC)C(C)(C)C. The van der Waals surface area contributed by atoms with E-state index in [1.54, 1.807) is 7.11 Å². The standard InChI is InChI=1S/C16H26BrNO/c1-8-18-15(16(4,5)6)13-11(3)12(17)9-10(2)14(13)19-7/h9,15,18H,8H2,1-7H3. The minimum atomic E-state index is 0.126. The maximum absolute atomic E-state index is 5.67. The molecule has 0 bridgehead atoms. The Morgan fingerprint density at radius 3 is 2.32 bits per heavy atom. The van der Waals surface area contributed by atoms with Crippen molar-refractivity contribution in [1.82, 2.24) is 5.32 Å². The highest BCUT2D eigenvalue weighted by Crippen LogP contribution is 2.43. The Balaban J connectivity index is 3.52. The summed E-state index contributed by atoms with van der Waals surface area (Å²) in [6.07, 6.45) is 0. The predicted molar refractivity (Wildman–Crippen MR) is 86.0 cm³/mol. The maximum Gasteiger partial charge on any atom is 0.126 e. The molecular formula is C16H26BrNO. The molecule has 0 aliphatic heterocycles. The van der Waals surface area contributed by atoms with Crippen LogP contribution in [0.4, 0.5) is 0 Å². The average molecular weight is 328 g/mol. The van der Waals surface area contributed by atoms with Gasteiger partial charge in [-0.3, -0.25) is 0 Å². The van der Waals surface area contributed by atoms with Crippen molar-refractivity contribution >= 4 is 15.9 Å². The van der Waals surface area contributed by atoms with E-state index in [1.807, 2.05) is 0 Å². The first-order chi connectivity index (χ1) is 8.73. The van der Waals surface area contributed by atoms with Crippen LogP contribution < -0.4 is 10.1 Å². The summed E-state index contributed by atoms with van der Waals surface area (Å²) in [6, 6.07) is 2.40. The molecule has 1 atom stereocenters. The number of halogens is 1. The molecule has 1 N–H and O–H groups in total. The molecule has 0 radical (unpaired) electrons. The lowest BCUT2D eigenvalue weighted by atomic mass is 9.80. The van der Waals surface area contributed by atoms with Gasteiger partial charge in [0.25, 0.3) is 0 Å². The lowest BCUT2D eigenvalue weighted by Crippen LogP contribution is -2.33. The van der Waals surface area contributed by atoms with Crippen molar-refractivity contribution in [3.8, 4) is 5.75 Å². The van der Waals surface area contributed by atoms with Crippen molar-refractivity contribution in [3.05, 3.63) is 27.2 Å². The van der Waals surface area contributed by atoms with E-state index in [2.05, 4.69) is 68.9 Å².